The first-order valence-electron chi connectivity index (χ1n) is 5.81. The van der Waals surface area contributed by atoms with E-state index in [2.05, 4.69) is 11.6 Å². The third-order valence-electron chi connectivity index (χ3n) is 2.35. The Labute approximate surface area is 113 Å². The lowest BCUT2D eigenvalue weighted by atomic mass is 9.99. The molecule has 5 heteroatoms. The van der Waals surface area contributed by atoms with Gasteiger partial charge in [-0.2, -0.15) is 0 Å². The molecule has 0 spiro atoms. The topological polar surface area (TPSA) is 46.5 Å². The zero-order valence-electron chi connectivity index (χ0n) is 11.5. The monoisotopic (exact) mass is 284 g/mol. The Morgan fingerprint density at radius 1 is 1.32 bits per heavy atom. The highest BCUT2D eigenvalue weighted by molar-refractivity contribution is 7.64. The van der Waals surface area contributed by atoms with Crippen LogP contribution in [0.15, 0.2) is 24.3 Å². The van der Waals surface area contributed by atoms with E-state index in [9.17, 15) is 14.1 Å². The first-order chi connectivity index (χ1) is 8.68. The molecule has 0 unspecified atom stereocenters. The fraction of sp³-hybridized carbons (Fsp3) is 0.429. The Morgan fingerprint density at radius 3 is 2.26 bits per heavy atom. The minimum atomic E-state index is -3.55. The van der Waals surface area contributed by atoms with Crippen molar-refractivity contribution < 1.29 is 18.6 Å². The van der Waals surface area contributed by atoms with Crippen molar-refractivity contribution >= 4 is 7.37 Å². The molecule has 0 heterocycles. The zero-order valence-corrected chi connectivity index (χ0v) is 12.4. The summed E-state index contributed by atoms with van der Waals surface area (Å²) in [6, 6.07) is 5.11. The molecule has 2 atom stereocenters. The van der Waals surface area contributed by atoms with Crippen LogP contribution in [0.3, 0.4) is 0 Å². The van der Waals surface area contributed by atoms with Crippen LogP contribution >= 0.6 is 7.37 Å². The first-order valence-corrected chi connectivity index (χ1v) is 7.51. The third kappa shape index (κ3) is 4.47. The Morgan fingerprint density at radius 2 is 1.84 bits per heavy atom. The second kappa shape index (κ2) is 5.88. The van der Waals surface area contributed by atoms with Gasteiger partial charge in [-0.25, -0.2) is 4.39 Å². The van der Waals surface area contributed by atoms with Gasteiger partial charge in [0.25, 0.3) is 0 Å². The minimum absolute atomic E-state index is 0.315. The molecule has 0 aliphatic carbocycles. The fourth-order valence-electron chi connectivity index (χ4n) is 1.28. The molecule has 0 bridgehead atoms. The second-order valence-corrected chi connectivity index (χ2v) is 7.46. The molecule has 0 aliphatic rings. The number of hydrogen-bond donors (Lipinski definition) is 1. The predicted molar refractivity (Wildman–Crippen MR) is 73.2 cm³/mol. The van der Waals surface area contributed by atoms with Crippen molar-refractivity contribution in [3.8, 4) is 11.6 Å². The number of rotatable bonds is 3. The SMILES string of the molecule is CO[P@](=O)(C#CC(C)(C)C)[C@H](O)c1ccc(F)cc1. The molecule has 104 valence electrons. The molecule has 3 nitrogen and oxygen atoms in total. The summed E-state index contributed by atoms with van der Waals surface area (Å²) in [6.45, 7) is 5.60. The number of halogens is 1. The highest BCUT2D eigenvalue weighted by Crippen LogP contribution is 2.57. The maximum Gasteiger partial charge on any atom is 0.305 e. The first kappa shape index (κ1) is 15.9. The van der Waals surface area contributed by atoms with Crippen LogP contribution in [0.2, 0.25) is 0 Å². The number of hydrogen-bond acceptors (Lipinski definition) is 3. The third-order valence-corrected chi connectivity index (χ3v) is 4.26. The molecule has 0 saturated heterocycles. The lowest BCUT2D eigenvalue weighted by Gasteiger charge is -2.18. The van der Waals surface area contributed by atoms with Crippen LogP contribution in [-0.4, -0.2) is 12.2 Å². The summed E-state index contributed by atoms with van der Waals surface area (Å²) < 4.78 is 30.2. The van der Waals surface area contributed by atoms with Gasteiger partial charge in [0.15, 0.2) is 5.85 Å². The predicted octanol–water partition coefficient (Wildman–Crippen LogP) is 3.75. The fourth-order valence-corrected chi connectivity index (χ4v) is 2.75. The molecular weight excluding hydrogens is 266 g/mol. The van der Waals surface area contributed by atoms with Crippen LogP contribution < -0.4 is 0 Å². The maximum atomic E-state index is 12.8. The lowest BCUT2D eigenvalue weighted by molar-refractivity contribution is 0.229. The summed E-state index contributed by atoms with van der Waals surface area (Å²) in [4.78, 5) is 0. The molecule has 1 aromatic carbocycles. The Hall–Kier alpha value is -1.14. The minimum Gasteiger partial charge on any atom is -0.377 e. The van der Waals surface area contributed by atoms with Gasteiger partial charge in [-0.05, 0) is 44.1 Å². The Balaban J connectivity index is 3.11. The molecule has 0 amide bonds. The van der Waals surface area contributed by atoms with Gasteiger partial charge >= 0.3 is 7.37 Å². The van der Waals surface area contributed by atoms with E-state index < -0.39 is 19.0 Å². The van der Waals surface area contributed by atoms with Gasteiger partial charge in [-0.15, -0.1) is 0 Å². The van der Waals surface area contributed by atoms with Crippen LogP contribution in [0, 0.1) is 22.8 Å². The summed E-state index contributed by atoms with van der Waals surface area (Å²) in [6.07, 6.45) is 0. The van der Waals surface area contributed by atoms with Crippen LogP contribution in [0.4, 0.5) is 4.39 Å². The second-order valence-electron chi connectivity index (χ2n) is 5.19. The average molecular weight is 284 g/mol. The van der Waals surface area contributed by atoms with Gasteiger partial charge < -0.3 is 9.63 Å². The molecule has 1 N–H and O–H groups in total. The van der Waals surface area contributed by atoms with Crippen molar-refractivity contribution in [1.29, 1.82) is 0 Å². The van der Waals surface area contributed by atoms with Crippen molar-refractivity contribution in [2.45, 2.75) is 26.6 Å². The van der Waals surface area contributed by atoms with Crippen molar-refractivity contribution in [1.82, 2.24) is 0 Å². The van der Waals surface area contributed by atoms with Gasteiger partial charge in [0.1, 0.15) is 5.82 Å². The maximum absolute atomic E-state index is 12.8. The molecule has 1 rings (SSSR count). The Bertz CT molecular complexity index is 535. The zero-order chi connectivity index (χ0) is 14.7. The number of aliphatic hydroxyl groups excluding tert-OH is 1. The number of aliphatic hydroxyl groups is 1. The highest BCUT2D eigenvalue weighted by atomic mass is 31.2. The van der Waals surface area contributed by atoms with Gasteiger partial charge in [-0.3, -0.25) is 4.57 Å². The summed E-state index contributed by atoms with van der Waals surface area (Å²) >= 11 is 0. The van der Waals surface area contributed by atoms with E-state index in [4.69, 9.17) is 4.52 Å². The molecule has 0 fully saturated rings. The van der Waals surface area contributed by atoms with E-state index in [1.165, 1.54) is 31.4 Å². The van der Waals surface area contributed by atoms with E-state index in [0.717, 1.165) is 0 Å². The normalized spacial score (nSPS) is 16.1. The summed E-state index contributed by atoms with van der Waals surface area (Å²) in [5.41, 5.74) is 2.50. The van der Waals surface area contributed by atoms with E-state index in [-0.39, 0.29) is 5.41 Å². The summed E-state index contributed by atoms with van der Waals surface area (Å²) in [5.74, 6) is 0.995. The summed E-state index contributed by atoms with van der Waals surface area (Å²) in [5, 5.41) is 10.1. The van der Waals surface area contributed by atoms with Crippen LogP contribution in [-0.2, 0) is 9.09 Å². The molecule has 19 heavy (non-hydrogen) atoms. The molecule has 1 aromatic rings. The Kier molecular flexibility index (Phi) is 4.92. The van der Waals surface area contributed by atoms with Crippen molar-refractivity contribution in [2.24, 2.45) is 5.41 Å². The van der Waals surface area contributed by atoms with Gasteiger partial charge in [0, 0.05) is 12.5 Å². The van der Waals surface area contributed by atoms with Gasteiger partial charge in [0.05, 0.1) is 0 Å². The van der Waals surface area contributed by atoms with E-state index in [1.54, 1.807) is 0 Å². The molecule has 0 aliphatic heterocycles. The van der Waals surface area contributed by atoms with Gasteiger partial charge in [-0.1, -0.05) is 18.1 Å². The van der Waals surface area contributed by atoms with Crippen molar-refractivity contribution in [3.05, 3.63) is 35.6 Å². The molecule has 0 saturated carbocycles. The van der Waals surface area contributed by atoms with E-state index >= 15 is 0 Å². The standard InChI is InChI=1S/C14H18FO3P/c1-14(2,3)9-10-19(17,18-4)13(16)11-5-7-12(15)8-6-11/h5-8,13,16H,1-4H3/t13-,19+/m0/s1. The number of benzene rings is 1. The lowest BCUT2D eigenvalue weighted by Crippen LogP contribution is -2.03. The smallest absolute Gasteiger partial charge is 0.305 e. The van der Waals surface area contributed by atoms with Crippen LogP contribution in [0.1, 0.15) is 32.2 Å². The van der Waals surface area contributed by atoms with Crippen LogP contribution in [0.25, 0.3) is 0 Å². The van der Waals surface area contributed by atoms with E-state index in [1.807, 2.05) is 20.8 Å². The van der Waals surface area contributed by atoms with Crippen molar-refractivity contribution in [2.75, 3.05) is 7.11 Å². The average Bonchev–Trinajstić information content (AvgIpc) is 2.35. The quantitative estimate of drug-likeness (QED) is 0.679. The summed E-state index contributed by atoms with van der Waals surface area (Å²) in [7, 11) is -2.31. The molecule has 0 radical (unpaired) electrons. The van der Waals surface area contributed by atoms with E-state index in [0.29, 0.717) is 5.56 Å². The van der Waals surface area contributed by atoms with Gasteiger partial charge in [0.2, 0.25) is 0 Å². The largest absolute Gasteiger partial charge is 0.377 e. The van der Waals surface area contributed by atoms with Crippen molar-refractivity contribution in [3.63, 3.8) is 0 Å². The molecule has 0 aromatic heterocycles. The molecular formula is C14H18FO3P. The van der Waals surface area contributed by atoms with Crippen LogP contribution in [0.5, 0.6) is 0 Å². The highest BCUT2D eigenvalue weighted by Gasteiger charge is 2.31.